The summed E-state index contributed by atoms with van der Waals surface area (Å²) in [7, 11) is 0. The van der Waals surface area contributed by atoms with Crippen molar-refractivity contribution in [3.63, 3.8) is 0 Å². The molecule has 3 N–H and O–H groups in total. The number of aromatic hydroxyl groups is 1. The lowest BCUT2D eigenvalue weighted by molar-refractivity contribution is 0.404. The van der Waals surface area contributed by atoms with Gasteiger partial charge in [0.05, 0.1) is 0 Å². The summed E-state index contributed by atoms with van der Waals surface area (Å²) in [6.45, 7) is 2.11. The van der Waals surface area contributed by atoms with Gasteiger partial charge in [0.2, 0.25) is 0 Å². The largest absolute Gasteiger partial charge is 0.507 e. The van der Waals surface area contributed by atoms with Crippen LogP contribution in [0.1, 0.15) is 25.3 Å². The van der Waals surface area contributed by atoms with Crippen LogP contribution < -0.4 is 10.5 Å². The molecule has 1 aromatic carbocycles. The number of nitrogens with two attached hydrogens (primary N) is 1. The predicted molar refractivity (Wildman–Crippen MR) is 51.2 cm³/mol. The second-order valence-electron chi connectivity index (χ2n) is 3.32. The molecule has 0 radical (unpaired) electrons. The highest BCUT2D eigenvalue weighted by Crippen LogP contribution is 2.52. The molecule has 3 heteroatoms. The molecule has 0 fully saturated rings. The van der Waals surface area contributed by atoms with E-state index in [1.54, 1.807) is 6.07 Å². The second-order valence-corrected chi connectivity index (χ2v) is 3.32. The maximum absolute atomic E-state index is 9.55. The predicted octanol–water partition coefficient (Wildman–Crippen LogP) is 2.42. The second kappa shape index (κ2) is 2.83. The van der Waals surface area contributed by atoms with Gasteiger partial charge in [0, 0.05) is 11.6 Å². The van der Waals surface area contributed by atoms with Gasteiger partial charge < -0.3 is 15.6 Å². The maximum Gasteiger partial charge on any atom is 0.161 e. The molecular weight excluding hydrogens is 166 g/mol. The number of hydrogen-bond donors (Lipinski definition) is 2. The van der Waals surface area contributed by atoms with Gasteiger partial charge in [-0.05, 0) is 12.8 Å². The van der Waals surface area contributed by atoms with E-state index < -0.39 is 0 Å². The number of phenols is 1. The van der Waals surface area contributed by atoms with Crippen molar-refractivity contribution in [3.05, 3.63) is 11.6 Å². The monoisotopic (exact) mass is 179 g/mol. The van der Waals surface area contributed by atoms with Gasteiger partial charge in [-0.2, -0.15) is 0 Å². The fourth-order valence-electron chi connectivity index (χ4n) is 1.54. The van der Waals surface area contributed by atoms with Crippen molar-refractivity contribution < 1.29 is 9.84 Å². The van der Waals surface area contributed by atoms with Gasteiger partial charge in [0.25, 0.3) is 0 Å². The number of hydrogen-bond acceptors (Lipinski definition) is 3. The first-order valence-corrected chi connectivity index (χ1v) is 4.56. The molecule has 2 bridgehead atoms. The van der Waals surface area contributed by atoms with Crippen molar-refractivity contribution in [2.75, 3.05) is 5.73 Å². The molecule has 0 atom stereocenters. The Morgan fingerprint density at radius 1 is 1.54 bits per heavy atom. The van der Waals surface area contributed by atoms with Crippen LogP contribution in [-0.4, -0.2) is 5.11 Å². The van der Waals surface area contributed by atoms with E-state index in [0.717, 1.165) is 24.8 Å². The van der Waals surface area contributed by atoms with Crippen LogP contribution in [-0.2, 0) is 6.42 Å². The summed E-state index contributed by atoms with van der Waals surface area (Å²) in [6, 6.07) is 1.59. The van der Waals surface area contributed by atoms with Crippen LogP contribution in [0.25, 0.3) is 0 Å². The molecule has 0 aliphatic carbocycles. The Bertz CT molecular complexity index is 347. The van der Waals surface area contributed by atoms with E-state index in [9.17, 15) is 5.11 Å². The SMILES string of the molecule is CCCCc1c(O)cc2c(N)c1O2. The van der Waals surface area contributed by atoms with Crippen molar-refractivity contribution in [2.45, 2.75) is 26.2 Å². The van der Waals surface area contributed by atoms with Crippen LogP contribution in [0, 0.1) is 0 Å². The Labute approximate surface area is 77.1 Å². The van der Waals surface area contributed by atoms with Crippen molar-refractivity contribution in [3.8, 4) is 17.2 Å². The molecule has 0 unspecified atom stereocenters. The molecule has 0 aromatic heterocycles. The molecule has 2 aliphatic heterocycles. The summed E-state index contributed by atoms with van der Waals surface area (Å²) in [5.74, 6) is 1.61. The Morgan fingerprint density at radius 2 is 2.31 bits per heavy atom. The van der Waals surface area contributed by atoms with Crippen molar-refractivity contribution >= 4 is 5.69 Å². The number of nitrogen functional groups attached to an aromatic ring is 1. The van der Waals surface area contributed by atoms with Gasteiger partial charge in [-0.25, -0.2) is 0 Å². The number of ether oxygens (including phenoxy) is 1. The van der Waals surface area contributed by atoms with E-state index in [0.29, 0.717) is 22.9 Å². The van der Waals surface area contributed by atoms with Crippen molar-refractivity contribution in [1.29, 1.82) is 0 Å². The van der Waals surface area contributed by atoms with E-state index in [2.05, 4.69) is 6.92 Å². The summed E-state index contributed by atoms with van der Waals surface area (Å²) in [4.78, 5) is 0. The third kappa shape index (κ3) is 1.11. The minimum Gasteiger partial charge on any atom is -0.507 e. The van der Waals surface area contributed by atoms with Gasteiger partial charge in [0.1, 0.15) is 11.4 Å². The lowest BCUT2D eigenvalue weighted by atomic mass is 10.0. The number of rotatable bonds is 3. The first kappa shape index (κ1) is 8.23. The van der Waals surface area contributed by atoms with Crippen LogP contribution >= 0.6 is 0 Å². The number of anilines is 1. The lowest BCUT2D eigenvalue weighted by Crippen LogP contribution is -2.08. The van der Waals surface area contributed by atoms with E-state index in [4.69, 9.17) is 10.5 Å². The van der Waals surface area contributed by atoms with Crippen LogP contribution in [0.4, 0.5) is 5.69 Å². The van der Waals surface area contributed by atoms with Crippen LogP contribution in [0.2, 0.25) is 0 Å². The molecule has 0 spiro atoms. The van der Waals surface area contributed by atoms with Crippen LogP contribution in [0.15, 0.2) is 6.07 Å². The fraction of sp³-hybridized carbons (Fsp3) is 0.400. The Kier molecular flexibility index (Phi) is 1.79. The standard InChI is InChI=1S/C10H13NO2/c1-2-3-4-6-7(12)5-8-9(11)10(6)13-8/h5,12H,2-4,11H2,1H3. The fourth-order valence-corrected chi connectivity index (χ4v) is 1.54. The number of phenolic OH excluding ortho intramolecular Hbond substituents is 1. The number of fused-ring (bicyclic) bond motifs is 2. The molecule has 0 amide bonds. The van der Waals surface area contributed by atoms with E-state index in [1.807, 2.05) is 0 Å². The highest BCUT2D eigenvalue weighted by Gasteiger charge is 2.26. The summed E-state index contributed by atoms with van der Waals surface area (Å²) >= 11 is 0. The third-order valence-electron chi connectivity index (χ3n) is 2.35. The summed E-state index contributed by atoms with van der Waals surface area (Å²) in [5.41, 5.74) is 7.23. The molecular formula is C10H13NO2. The topological polar surface area (TPSA) is 55.5 Å². The molecule has 1 aromatic rings. The molecule has 13 heavy (non-hydrogen) atoms. The normalized spacial score (nSPS) is 12.1. The lowest BCUT2D eigenvalue weighted by Gasteiger charge is -2.25. The minimum atomic E-state index is 0.318. The highest BCUT2D eigenvalue weighted by atomic mass is 16.5. The molecule has 2 heterocycles. The number of unbranched alkanes of at least 4 members (excludes halogenated alkanes) is 1. The average molecular weight is 179 g/mol. The molecule has 3 rings (SSSR count). The van der Waals surface area contributed by atoms with Crippen LogP contribution in [0.3, 0.4) is 0 Å². The Morgan fingerprint density at radius 3 is 2.92 bits per heavy atom. The zero-order valence-corrected chi connectivity index (χ0v) is 7.63. The van der Waals surface area contributed by atoms with E-state index in [1.165, 1.54) is 0 Å². The van der Waals surface area contributed by atoms with Crippen LogP contribution in [0.5, 0.6) is 17.2 Å². The number of benzene rings is 1. The molecule has 3 nitrogen and oxygen atoms in total. The van der Waals surface area contributed by atoms with Crippen molar-refractivity contribution in [1.82, 2.24) is 0 Å². The molecule has 0 saturated heterocycles. The first-order chi connectivity index (χ1) is 6.24. The van der Waals surface area contributed by atoms with Gasteiger partial charge in [0.15, 0.2) is 11.5 Å². The average Bonchev–Trinajstić information content (AvgIpc) is 2.14. The highest BCUT2D eigenvalue weighted by molar-refractivity contribution is 5.77. The third-order valence-corrected chi connectivity index (χ3v) is 2.35. The van der Waals surface area contributed by atoms with Gasteiger partial charge in [-0.1, -0.05) is 13.3 Å². The quantitative estimate of drug-likeness (QED) is 0.562. The summed E-state index contributed by atoms with van der Waals surface area (Å²) in [6.07, 6.45) is 2.98. The molecule has 70 valence electrons. The zero-order chi connectivity index (χ0) is 9.42. The van der Waals surface area contributed by atoms with Gasteiger partial charge in [-0.15, -0.1) is 0 Å². The smallest absolute Gasteiger partial charge is 0.161 e. The molecule has 2 aliphatic rings. The molecule has 0 saturated carbocycles. The van der Waals surface area contributed by atoms with E-state index in [-0.39, 0.29) is 0 Å². The first-order valence-electron chi connectivity index (χ1n) is 4.56. The van der Waals surface area contributed by atoms with Crippen molar-refractivity contribution in [2.24, 2.45) is 0 Å². The maximum atomic E-state index is 9.55. The minimum absolute atomic E-state index is 0.318. The summed E-state index contributed by atoms with van der Waals surface area (Å²) in [5, 5.41) is 9.55. The van der Waals surface area contributed by atoms with Gasteiger partial charge >= 0.3 is 0 Å². The van der Waals surface area contributed by atoms with Gasteiger partial charge in [-0.3, -0.25) is 0 Å². The Balaban J connectivity index is 2.30. The zero-order valence-electron chi connectivity index (χ0n) is 7.63. The van der Waals surface area contributed by atoms with E-state index >= 15 is 0 Å². The Hall–Kier alpha value is -1.38. The summed E-state index contributed by atoms with van der Waals surface area (Å²) < 4.78 is 5.27.